The minimum Gasteiger partial charge on any atom is -0.391 e. The molecular weight excluding hydrogens is 462 g/mol. The van der Waals surface area contributed by atoms with E-state index in [4.69, 9.17) is 16.3 Å². The van der Waals surface area contributed by atoms with Crippen molar-refractivity contribution < 1.29 is 14.6 Å². The lowest BCUT2D eigenvalue weighted by Crippen LogP contribution is -2.50. The second-order valence-electron chi connectivity index (χ2n) is 8.55. The fourth-order valence-electron chi connectivity index (χ4n) is 4.29. The molecule has 0 spiro atoms. The van der Waals surface area contributed by atoms with Crippen LogP contribution in [-0.2, 0) is 4.74 Å². The number of carbonyl (C=O) groups is 1. The van der Waals surface area contributed by atoms with E-state index in [1.165, 1.54) is 10.7 Å². The molecule has 11 nitrogen and oxygen atoms in total. The van der Waals surface area contributed by atoms with Crippen LogP contribution in [0.4, 0.5) is 17.3 Å². The highest BCUT2D eigenvalue weighted by Crippen LogP contribution is 2.25. The van der Waals surface area contributed by atoms with Gasteiger partial charge in [-0.05, 0) is 31.7 Å². The van der Waals surface area contributed by atoms with Gasteiger partial charge in [0.05, 0.1) is 23.4 Å². The molecule has 180 valence electrons. The highest BCUT2D eigenvalue weighted by molar-refractivity contribution is 6.30. The van der Waals surface area contributed by atoms with E-state index < -0.39 is 6.10 Å². The standard InChI is InChI=1S/C22H26ClN7O4/c1-24-19-9-18(26-16-8-12(23)11-29(22(16)33)13-4-6-34-7-5-13)28-20-14(10-25-30(19)20)21(32)27-15-2-3-17(15)31/h8-11,13,15,17,24,31H,2-7H2,1H3,(H,26,28)(H,27,32)/t15-,17+/m0/s1. The number of nitrogens with zero attached hydrogens (tertiary/aromatic N) is 4. The Kier molecular flexibility index (Phi) is 6.15. The number of hydrogen-bond donors (Lipinski definition) is 4. The normalized spacial score (nSPS) is 20.7. The van der Waals surface area contributed by atoms with Crippen molar-refractivity contribution in [2.24, 2.45) is 0 Å². The molecule has 3 aromatic heterocycles. The maximum Gasteiger partial charge on any atom is 0.274 e. The lowest BCUT2D eigenvalue weighted by molar-refractivity contribution is 0.0448. The average molecular weight is 488 g/mol. The van der Waals surface area contributed by atoms with E-state index in [0.717, 1.165) is 19.3 Å². The maximum absolute atomic E-state index is 13.2. The fraction of sp³-hybridized carbons (Fsp3) is 0.455. The Balaban J connectivity index is 1.49. The Morgan fingerprint density at radius 2 is 2.03 bits per heavy atom. The van der Waals surface area contributed by atoms with E-state index in [2.05, 4.69) is 26.0 Å². The summed E-state index contributed by atoms with van der Waals surface area (Å²) in [5, 5.41) is 23.4. The smallest absolute Gasteiger partial charge is 0.274 e. The maximum atomic E-state index is 13.2. The number of aliphatic hydroxyl groups is 1. The number of amides is 1. The number of halogens is 1. The van der Waals surface area contributed by atoms with Crippen molar-refractivity contribution in [2.75, 3.05) is 30.9 Å². The number of rotatable bonds is 6. The molecule has 0 bridgehead atoms. The first-order valence-electron chi connectivity index (χ1n) is 11.3. The van der Waals surface area contributed by atoms with E-state index in [0.29, 0.717) is 41.9 Å². The first-order chi connectivity index (χ1) is 16.4. The molecule has 4 N–H and O–H groups in total. The summed E-state index contributed by atoms with van der Waals surface area (Å²) >= 11 is 6.34. The molecular formula is C22H26ClN7O4. The van der Waals surface area contributed by atoms with Crippen LogP contribution in [0.25, 0.3) is 5.65 Å². The van der Waals surface area contributed by atoms with Crippen molar-refractivity contribution >= 4 is 40.5 Å². The monoisotopic (exact) mass is 487 g/mol. The number of hydrogen-bond acceptors (Lipinski definition) is 8. The van der Waals surface area contributed by atoms with Crippen LogP contribution < -0.4 is 21.5 Å². The van der Waals surface area contributed by atoms with Gasteiger partial charge in [0.15, 0.2) is 5.65 Å². The summed E-state index contributed by atoms with van der Waals surface area (Å²) in [5.41, 5.74) is 0.646. The average Bonchev–Trinajstić information content (AvgIpc) is 3.27. The molecule has 0 radical (unpaired) electrons. The van der Waals surface area contributed by atoms with E-state index in [1.807, 2.05) is 0 Å². The van der Waals surface area contributed by atoms with Crippen molar-refractivity contribution in [1.82, 2.24) is 24.5 Å². The van der Waals surface area contributed by atoms with Crippen molar-refractivity contribution in [1.29, 1.82) is 0 Å². The van der Waals surface area contributed by atoms with Gasteiger partial charge in [-0.2, -0.15) is 9.61 Å². The van der Waals surface area contributed by atoms with Crippen LogP contribution in [0.2, 0.25) is 5.02 Å². The Morgan fingerprint density at radius 1 is 1.24 bits per heavy atom. The van der Waals surface area contributed by atoms with Gasteiger partial charge in [-0.15, -0.1) is 0 Å². The molecule has 1 amide bonds. The number of ether oxygens (including phenoxy) is 1. The van der Waals surface area contributed by atoms with Gasteiger partial charge >= 0.3 is 0 Å². The van der Waals surface area contributed by atoms with E-state index in [-0.39, 0.29) is 34.8 Å². The molecule has 34 heavy (non-hydrogen) atoms. The van der Waals surface area contributed by atoms with Crippen LogP contribution in [-0.4, -0.2) is 62.6 Å². The molecule has 4 heterocycles. The van der Waals surface area contributed by atoms with Gasteiger partial charge in [0.25, 0.3) is 11.5 Å². The summed E-state index contributed by atoms with van der Waals surface area (Å²) < 4.78 is 8.57. The van der Waals surface area contributed by atoms with Gasteiger partial charge < -0.3 is 30.4 Å². The van der Waals surface area contributed by atoms with E-state index in [1.54, 1.807) is 29.9 Å². The molecule has 1 aliphatic carbocycles. The zero-order valence-corrected chi connectivity index (χ0v) is 19.4. The Morgan fingerprint density at radius 3 is 2.71 bits per heavy atom. The van der Waals surface area contributed by atoms with Crippen LogP contribution in [0, 0.1) is 0 Å². The summed E-state index contributed by atoms with van der Waals surface area (Å²) in [5.74, 6) is 0.560. The van der Waals surface area contributed by atoms with Crippen LogP contribution in [0.5, 0.6) is 0 Å². The van der Waals surface area contributed by atoms with E-state index >= 15 is 0 Å². The van der Waals surface area contributed by atoms with Crippen LogP contribution in [0.15, 0.2) is 29.3 Å². The molecule has 3 aromatic rings. The topological polar surface area (TPSA) is 135 Å². The molecule has 12 heteroatoms. The number of aliphatic hydroxyl groups excluding tert-OH is 1. The van der Waals surface area contributed by atoms with Crippen molar-refractivity contribution in [3.8, 4) is 0 Å². The van der Waals surface area contributed by atoms with Gasteiger partial charge in [-0.25, -0.2) is 4.98 Å². The van der Waals surface area contributed by atoms with Crippen molar-refractivity contribution in [2.45, 2.75) is 43.9 Å². The molecule has 0 unspecified atom stereocenters. The Hall–Kier alpha value is -3.15. The van der Waals surface area contributed by atoms with Gasteiger partial charge in [-0.3, -0.25) is 9.59 Å². The zero-order valence-electron chi connectivity index (χ0n) is 18.6. The highest BCUT2D eigenvalue weighted by Gasteiger charge is 2.31. The number of carbonyl (C=O) groups excluding carboxylic acids is 1. The first-order valence-corrected chi connectivity index (χ1v) is 11.6. The molecule has 1 saturated carbocycles. The number of anilines is 3. The molecule has 2 atom stereocenters. The molecule has 0 aromatic carbocycles. The third-order valence-corrected chi connectivity index (χ3v) is 6.59. The summed E-state index contributed by atoms with van der Waals surface area (Å²) in [6.07, 6.45) is 5.41. The second-order valence-corrected chi connectivity index (χ2v) is 8.98. The van der Waals surface area contributed by atoms with E-state index in [9.17, 15) is 14.7 Å². The highest BCUT2D eigenvalue weighted by atomic mass is 35.5. The SMILES string of the molecule is CNc1cc(Nc2cc(Cl)cn(C3CCOCC3)c2=O)nc2c(C(=O)N[C@H]3CC[C@H]3O)cnn12. The predicted molar refractivity (Wildman–Crippen MR) is 127 cm³/mol. The number of aromatic nitrogens is 4. The molecule has 2 aliphatic rings. The second kappa shape index (κ2) is 9.24. The van der Waals surface area contributed by atoms with Crippen molar-refractivity contribution in [3.63, 3.8) is 0 Å². The minimum absolute atomic E-state index is 0.00999. The van der Waals surface area contributed by atoms with Crippen LogP contribution >= 0.6 is 11.6 Å². The van der Waals surface area contributed by atoms with Gasteiger partial charge in [-0.1, -0.05) is 11.6 Å². The van der Waals surface area contributed by atoms with Gasteiger partial charge in [0.2, 0.25) is 0 Å². The Labute approximate surface area is 200 Å². The lowest BCUT2D eigenvalue weighted by Gasteiger charge is -2.32. The number of fused-ring (bicyclic) bond motifs is 1. The minimum atomic E-state index is -0.537. The lowest BCUT2D eigenvalue weighted by atomic mass is 9.89. The van der Waals surface area contributed by atoms with Crippen LogP contribution in [0.1, 0.15) is 42.1 Å². The molecule has 1 aliphatic heterocycles. The zero-order chi connectivity index (χ0) is 23.8. The predicted octanol–water partition coefficient (Wildman–Crippen LogP) is 1.93. The van der Waals surface area contributed by atoms with Crippen LogP contribution in [0.3, 0.4) is 0 Å². The quantitative estimate of drug-likeness (QED) is 0.414. The van der Waals surface area contributed by atoms with Gasteiger partial charge in [0.1, 0.15) is 22.9 Å². The summed E-state index contributed by atoms with van der Waals surface area (Å²) in [7, 11) is 1.72. The molecule has 2 fully saturated rings. The summed E-state index contributed by atoms with van der Waals surface area (Å²) in [4.78, 5) is 30.6. The molecule has 1 saturated heterocycles. The van der Waals surface area contributed by atoms with Gasteiger partial charge in [0, 0.05) is 38.6 Å². The summed E-state index contributed by atoms with van der Waals surface area (Å²) in [6, 6.07) is 2.99. The largest absolute Gasteiger partial charge is 0.391 e. The first kappa shape index (κ1) is 22.6. The number of nitrogens with one attached hydrogen (secondary N) is 3. The third kappa shape index (κ3) is 4.22. The fourth-order valence-corrected chi connectivity index (χ4v) is 4.51. The van der Waals surface area contributed by atoms with Crippen molar-refractivity contribution in [3.05, 3.63) is 45.5 Å². The Bertz CT molecular complexity index is 1280. The third-order valence-electron chi connectivity index (χ3n) is 6.38. The number of pyridine rings is 1. The molecule has 5 rings (SSSR count). The summed E-state index contributed by atoms with van der Waals surface area (Å²) in [6.45, 7) is 1.19.